The van der Waals surface area contributed by atoms with Crippen molar-refractivity contribution in [2.75, 3.05) is 20.2 Å². The van der Waals surface area contributed by atoms with E-state index in [4.69, 9.17) is 4.74 Å². The maximum atomic E-state index is 13.1. The predicted molar refractivity (Wildman–Crippen MR) is 113 cm³/mol. The molecular formula is C22H28N2O4S. The van der Waals surface area contributed by atoms with E-state index in [1.165, 1.54) is 19.2 Å². The molecule has 0 saturated carbocycles. The van der Waals surface area contributed by atoms with Crippen molar-refractivity contribution in [3.8, 4) is 5.75 Å². The van der Waals surface area contributed by atoms with Gasteiger partial charge in [0.1, 0.15) is 5.75 Å². The molecule has 1 atom stereocenters. The molecule has 1 heterocycles. The SMILES string of the molecule is CC[C@H](NS(=O)(=O)c1ccc(OC)c(C(=O)N2CCCC2)c1)c1ccc(C)cc1. The number of carbonyl (C=O) groups is 1. The van der Waals surface area contributed by atoms with E-state index in [1.54, 1.807) is 11.0 Å². The van der Waals surface area contributed by atoms with Crippen LogP contribution >= 0.6 is 0 Å². The number of ether oxygens (including phenoxy) is 1. The van der Waals surface area contributed by atoms with Gasteiger partial charge in [-0.25, -0.2) is 13.1 Å². The van der Waals surface area contributed by atoms with Gasteiger partial charge in [-0.05, 0) is 49.9 Å². The summed E-state index contributed by atoms with van der Waals surface area (Å²) in [6.45, 7) is 5.29. The summed E-state index contributed by atoms with van der Waals surface area (Å²) in [5, 5.41) is 0. The molecule has 1 saturated heterocycles. The average molecular weight is 417 g/mol. The molecule has 0 radical (unpaired) electrons. The van der Waals surface area contributed by atoms with Gasteiger partial charge in [-0.15, -0.1) is 0 Å². The van der Waals surface area contributed by atoms with E-state index in [0.717, 1.165) is 24.0 Å². The zero-order valence-corrected chi connectivity index (χ0v) is 18.0. The van der Waals surface area contributed by atoms with E-state index in [9.17, 15) is 13.2 Å². The van der Waals surface area contributed by atoms with Gasteiger partial charge in [0.25, 0.3) is 5.91 Å². The molecular weight excluding hydrogens is 388 g/mol. The van der Waals surface area contributed by atoms with Crippen LogP contribution in [0.3, 0.4) is 0 Å². The van der Waals surface area contributed by atoms with Crippen molar-refractivity contribution in [2.24, 2.45) is 0 Å². The van der Waals surface area contributed by atoms with E-state index >= 15 is 0 Å². The maximum absolute atomic E-state index is 13.1. The third-order valence-electron chi connectivity index (χ3n) is 5.29. The quantitative estimate of drug-likeness (QED) is 0.747. The molecule has 1 fully saturated rings. The molecule has 1 aliphatic heterocycles. The van der Waals surface area contributed by atoms with E-state index in [2.05, 4.69) is 4.72 Å². The lowest BCUT2D eigenvalue weighted by Crippen LogP contribution is -2.30. The van der Waals surface area contributed by atoms with Crippen LogP contribution in [0.2, 0.25) is 0 Å². The lowest BCUT2D eigenvalue weighted by molar-refractivity contribution is 0.0789. The minimum absolute atomic E-state index is 0.0615. The Labute approximate surface area is 172 Å². The number of nitrogens with zero attached hydrogens (tertiary/aromatic N) is 1. The fourth-order valence-electron chi connectivity index (χ4n) is 3.55. The van der Waals surface area contributed by atoms with Crippen LogP contribution < -0.4 is 9.46 Å². The van der Waals surface area contributed by atoms with E-state index < -0.39 is 10.0 Å². The lowest BCUT2D eigenvalue weighted by Gasteiger charge is -2.20. The highest BCUT2D eigenvalue weighted by Gasteiger charge is 2.26. The first-order chi connectivity index (χ1) is 13.9. The average Bonchev–Trinajstić information content (AvgIpc) is 3.26. The maximum Gasteiger partial charge on any atom is 0.257 e. The van der Waals surface area contributed by atoms with Gasteiger partial charge in [-0.1, -0.05) is 36.8 Å². The minimum atomic E-state index is -3.81. The Morgan fingerprint density at radius 2 is 1.79 bits per heavy atom. The highest BCUT2D eigenvalue weighted by atomic mass is 32.2. The van der Waals surface area contributed by atoms with Gasteiger partial charge in [-0.2, -0.15) is 0 Å². The Balaban J connectivity index is 1.90. The summed E-state index contributed by atoms with van der Waals surface area (Å²) >= 11 is 0. The summed E-state index contributed by atoms with van der Waals surface area (Å²) in [4.78, 5) is 14.7. The molecule has 1 amide bonds. The van der Waals surface area contributed by atoms with Gasteiger partial charge in [0, 0.05) is 19.1 Å². The van der Waals surface area contributed by atoms with Crippen molar-refractivity contribution in [1.29, 1.82) is 0 Å². The number of sulfonamides is 1. The van der Waals surface area contributed by atoms with Crippen molar-refractivity contribution >= 4 is 15.9 Å². The fourth-order valence-corrected chi connectivity index (χ4v) is 4.89. The number of nitrogens with one attached hydrogen (secondary N) is 1. The lowest BCUT2D eigenvalue weighted by atomic mass is 10.0. The first kappa shape index (κ1) is 21.3. The fraction of sp³-hybridized carbons (Fsp3) is 0.409. The van der Waals surface area contributed by atoms with Crippen LogP contribution in [0.5, 0.6) is 5.75 Å². The monoisotopic (exact) mass is 416 g/mol. The molecule has 1 aliphatic rings. The van der Waals surface area contributed by atoms with Crippen LogP contribution in [-0.4, -0.2) is 39.4 Å². The van der Waals surface area contributed by atoms with Crippen LogP contribution in [0.1, 0.15) is 53.7 Å². The third kappa shape index (κ3) is 4.79. The molecule has 2 aromatic rings. The Kier molecular flexibility index (Phi) is 6.59. The highest BCUT2D eigenvalue weighted by molar-refractivity contribution is 7.89. The molecule has 0 bridgehead atoms. The standard InChI is InChI=1S/C22H28N2O4S/c1-4-20(17-9-7-16(2)8-10-17)23-29(26,27)18-11-12-21(28-3)19(15-18)22(25)24-13-5-6-14-24/h7-12,15,20,23H,4-6,13-14H2,1-3H3/t20-/m0/s1. The van der Waals surface area contributed by atoms with Crippen LogP contribution in [0.4, 0.5) is 0 Å². The molecule has 3 rings (SSSR count). The summed E-state index contributed by atoms with van der Waals surface area (Å²) < 4.78 is 34.2. The van der Waals surface area contributed by atoms with Gasteiger partial charge in [0.05, 0.1) is 17.6 Å². The molecule has 0 aliphatic carbocycles. The predicted octanol–water partition coefficient (Wildman–Crippen LogP) is 3.67. The number of methoxy groups -OCH3 is 1. The smallest absolute Gasteiger partial charge is 0.257 e. The first-order valence-corrected chi connectivity index (χ1v) is 11.4. The molecule has 1 N–H and O–H groups in total. The molecule has 156 valence electrons. The van der Waals surface area contributed by atoms with Gasteiger partial charge in [0.15, 0.2) is 0 Å². The normalized spacial score (nSPS) is 15.3. The molecule has 0 unspecified atom stereocenters. The second-order valence-corrected chi connectivity index (χ2v) is 9.07. The molecule has 2 aromatic carbocycles. The Morgan fingerprint density at radius 3 is 2.38 bits per heavy atom. The van der Waals surface area contributed by atoms with Crippen LogP contribution in [0.15, 0.2) is 47.4 Å². The Morgan fingerprint density at radius 1 is 1.14 bits per heavy atom. The van der Waals surface area contributed by atoms with E-state index in [0.29, 0.717) is 25.3 Å². The van der Waals surface area contributed by atoms with Crippen LogP contribution in [-0.2, 0) is 10.0 Å². The molecule has 7 heteroatoms. The Bertz CT molecular complexity index is 965. The topological polar surface area (TPSA) is 75.7 Å². The number of benzene rings is 2. The van der Waals surface area contributed by atoms with Crippen molar-refractivity contribution in [3.63, 3.8) is 0 Å². The van der Waals surface area contributed by atoms with Crippen molar-refractivity contribution in [1.82, 2.24) is 9.62 Å². The summed E-state index contributed by atoms with van der Waals surface area (Å²) in [6, 6.07) is 11.9. The van der Waals surface area contributed by atoms with Gasteiger partial charge >= 0.3 is 0 Å². The summed E-state index contributed by atoms with van der Waals surface area (Å²) in [7, 11) is -2.33. The first-order valence-electron chi connectivity index (χ1n) is 9.92. The number of rotatable bonds is 7. The molecule has 0 spiro atoms. The minimum Gasteiger partial charge on any atom is -0.496 e. The van der Waals surface area contributed by atoms with E-state index in [1.807, 2.05) is 38.1 Å². The van der Waals surface area contributed by atoms with Crippen LogP contribution in [0, 0.1) is 6.92 Å². The third-order valence-corrected chi connectivity index (χ3v) is 6.76. The number of carbonyl (C=O) groups excluding carboxylic acids is 1. The number of aryl methyl sites for hydroxylation is 1. The Hall–Kier alpha value is -2.38. The van der Waals surface area contributed by atoms with Crippen molar-refractivity contribution in [3.05, 3.63) is 59.2 Å². The van der Waals surface area contributed by atoms with Crippen LogP contribution in [0.25, 0.3) is 0 Å². The molecule has 6 nitrogen and oxygen atoms in total. The van der Waals surface area contributed by atoms with Crippen molar-refractivity contribution in [2.45, 2.75) is 44.0 Å². The summed E-state index contributed by atoms with van der Waals surface area (Å²) in [5.74, 6) is 0.188. The number of hydrogen-bond donors (Lipinski definition) is 1. The molecule has 0 aromatic heterocycles. The van der Waals surface area contributed by atoms with Gasteiger partial charge < -0.3 is 9.64 Å². The number of likely N-dealkylation sites (tertiary alicyclic amines) is 1. The second kappa shape index (κ2) is 8.97. The van der Waals surface area contributed by atoms with Crippen molar-refractivity contribution < 1.29 is 17.9 Å². The van der Waals surface area contributed by atoms with E-state index in [-0.39, 0.29) is 22.4 Å². The zero-order chi connectivity index (χ0) is 21.0. The number of amides is 1. The van der Waals surface area contributed by atoms with Gasteiger partial charge in [-0.3, -0.25) is 4.79 Å². The van der Waals surface area contributed by atoms with Gasteiger partial charge in [0.2, 0.25) is 10.0 Å². The number of hydrogen-bond acceptors (Lipinski definition) is 4. The summed E-state index contributed by atoms with van der Waals surface area (Å²) in [6.07, 6.45) is 2.53. The second-order valence-electron chi connectivity index (χ2n) is 7.35. The highest BCUT2D eigenvalue weighted by Crippen LogP contribution is 2.27. The zero-order valence-electron chi connectivity index (χ0n) is 17.1. The molecule has 29 heavy (non-hydrogen) atoms. The summed E-state index contributed by atoms with van der Waals surface area (Å²) in [5.41, 5.74) is 2.30. The largest absolute Gasteiger partial charge is 0.496 e.